The van der Waals surface area contributed by atoms with Crippen LogP contribution in [0, 0.1) is 0 Å². The van der Waals surface area contributed by atoms with Gasteiger partial charge in [0.2, 0.25) is 17.7 Å². The largest absolute Gasteiger partial charge is 0.508 e. The normalized spacial score (nSPS) is 13.9. The third-order valence-corrected chi connectivity index (χ3v) is 6.39. The Morgan fingerprint density at radius 3 is 1.92 bits per heavy atom. The Hall–Kier alpha value is -3.61. The number of hydrogen-bond donors (Lipinski definition) is 8. The monoisotopic (exact) mass is 559 g/mol. The number of carbonyl (C=O) groups is 4. The van der Waals surface area contributed by atoms with Crippen molar-refractivity contribution in [2.75, 3.05) is 12.3 Å². The lowest BCUT2D eigenvalue weighted by molar-refractivity contribution is -0.141. The van der Waals surface area contributed by atoms with Gasteiger partial charge in [-0.05, 0) is 55.5 Å². The van der Waals surface area contributed by atoms with Crippen LogP contribution in [0.2, 0.25) is 0 Å². The predicted octanol–water partition coefficient (Wildman–Crippen LogP) is 0.103. The second kappa shape index (κ2) is 16.4. The number of benzene rings is 2. The summed E-state index contributed by atoms with van der Waals surface area (Å²) in [6, 6.07) is 10.9. The van der Waals surface area contributed by atoms with Crippen LogP contribution in [0.1, 0.15) is 30.4 Å². The van der Waals surface area contributed by atoms with Gasteiger partial charge < -0.3 is 37.6 Å². The third-order valence-electron chi connectivity index (χ3n) is 6.02. The van der Waals surface area contributed by atoms with Crippen molar-refractivity contribution in [2.45, 2.75) is 56.3 Å². The van der Waals surface area contributed by atoms with E-state index in [2.05, 4.69) is 28.6 Å². The average molecular weight is 560 g/mol. The first-order valence-corrected chi connectivity index (χ1v) is 13.3. The van der Waals surface area contributed by atoms with Gasteiger partial charge in [-0.1, -0.05) is 42.5 Å². The number of unbranched alkanes of at least 4 members (excludes halogenated alkanes) is 1. The number of nitrogens with two attached hydrogens (primary N) is 2. The van der Waals surface area contributed by atoms with E-state index in [4.69, 9.17) is 11.5 Å². The summed E-state index contributed by atoms with van der Waals surface area (Å²) in [4.78, 5) is 50.7. The summed E-state index contributed by atoms with van der Waals surface area (Å²) in [6.45, 7) is 0.405. The van der Waals surface area contributed by atoms with E-state index in [1.807, 2.05) is 30.3 Å². The van der Waals surface area contributed by atoms with Gasteiger partial charge in [0.1, 0.15) is 23.9 Å². The van der Waals surface area contributed by atoms with Crippen molar-refractivity contribution in [3.63, 3.8) is 0 Å². The zero-order valence-electron chi connectivity index (χ0n) is 21.6. The molecule has 0 fully saturated rings. The molecule has 39 heavy (non-hydrogen) atoms. The lowest BCUT2D eigenvalue weighted by Gasteiger charge is -2.25. The molecular formula is C27H37N5O6S. The van der Waals surface area contributed by atoms with Crippen LogP contribution < -0.4 is 27.4 Å². The molecule has 0 aliphatic rings. The molecule has 4 unspecified atom stereocenters. The number of carbonyl (C=O) groups excluding carboxylic acids is 3. The molecule has 0 aromatic heterocycles. The van der Waals surface area contributed by atoms with Crippen molar-refractivity contribution in [1.29, 1.82) is 0 Å². The van der Waals surface area contributed by atoms with Gasteiger partial charge in [-0.2, -0.15) is 12.6 Å². The minimum atomic E-state index is -1.27. The topological polar surface area (TPSA) is 197 Å². The maximum absolute atomic E-state index is 13.4. The first kappa shape index (κ1) is 31.6. The van der Waals surface area contributed by atoms with Crippen LogP contribution in [-0.4, -0.2) is 70.4 Å². The highest BCUT2D eigenvalue weighted by Gasteiger charge is 2.30. The Labute approximate surface area is 233 Å². The van der Waals surface area contributed by atoms with Crippen molar-refractivity contribution in [2.24, 2.45) is 11.5 Å². The van der Waals surface area contributed by atoms with Crippen LogP contribution in [0.4, 0.5) is 0 Å². The molecule has 0 saturated heterocycles. The summed E-state index contributed by atoms with van der Waals surface area (Å²) in [5.41, 5.74) is 13.2. The number of nitrogens with one attached hydrogen (secondary N) is 3. The summed E-state index contributed by atoms with van der Waals surface area (Å²) in [7, 11) is 0. The molecule has 2 aromatic carbocycles. The van der Waals surface area contributed by atoms with Crippen LogP contribution in [0.25, 0.3) is 0 Å². The Balaban J connectivity index is 2.19. The van der Waals surface area contributed by atoms with Crippen LogP contribution in [0.5, 0.6) is 5.75 Å². The molecule has 0 aliphatic carbocycles. The Morgan fingerprint density at radius 2 is 1.33 bits per heavy atom. The molecular weight excluding hydrogens is 522 g/mol. The minimum Gasteiger partial charge on any atom is -0.508 e. The van der Waals surface area contributed by atoms with Gasteiger partial charge in [-0.15, -0.1) is 0 Å². The number of aliphatic carboxylic acids is 1. The summed E-state index contributed by atoms with van der Waals surface area (Å²) in [5.74, 6) is -3.27. The zero-order valence-corrected chi connectivity index (χ0v) is 22.5. The summed E-state index contributed by atoms with van der Waals surface area (Å²) < 4.78 is 0. The number of amides is 3. The molecule has 0 radical (unpaired) electrons. The highest BCUT2D eigenvalue weighted by atomic mass is 32.1. The van der Waals surface area contributed by atoms with E-state index in [1.165, 1.54) is 12.1 Å². The molecule has 2 rings (SSSR count). The first-order valence-electron chi connectivity index (χ1n) is 12.7. The van der Waals surface area contributed by atoms with Gasteiger partial charge in [0.15, 0.2) is 0 Å². The van der Waals surface area contributed by atoms with E-state index in [0.29, 0.717) is 24.9 Å². The molecule has 0 heterocycles. The molecule has 0 bridgehead atoms. The Bertz CT molecular complexity index is 1090. The Kier molecular flexibility index (Phi) is 13.3. The van der Waals surface area contributed by atoms with E-state index < -0.39 is 47.9 Å². The molecule has 3 amide bonds. The molecule has 0 spiro atoms. The number of aromatic hydroxyl groups is 1. The van der Waals surface area contributed by atoms with Crippen molar-refractivity contribution < 1.29 is 29.4 Å². The van der Waals surface area contributed by atoms with E-state index >= 15 is 0 Å². The molecule has 0 aliphatic heterocycles. The maximum atomic E-state index is 13.4. The van der Waals surface area contributed by atoms with Gasteiger partial charge in [0.25, 0.3) is 0 Å². The van der Waals surface area contributed by atoms with Gasteiger partial charge in [0.05, 0.1) is 6.04 Å². The second-order valence-electron chi connectivity index (χ2n) is 9.16. The number of rotatable bonds is 16. The van der Waals surface area contributed by atoms with Crippen molar-refractivity contribution in [1.82, 2.24) is 16.0 Å². The molecule has 2 aromatic rings. The van der Waals surface area contributed by atoms with E-state index in [-0.39, 0.29) is 30.8 Å². The molecule has 12 heteroatoms. The maximum Gasteiger partial charge on any atom is 0.327 e. The number of hydrogen-bond acceptors (Lipinski definition) is 8. The highest BCUT2D eigenvalue weighted by molar-refractivity contribution is 7.80. The van der Waals surface area contributed by atoms with Gasteiger partial charge in [-0.3, -0.25) is 14.4 Å². The number of phenolic OH excluding ortho intramolecular Hbond substituents is 1. The van der Waals surface area contributed by atoms with Crippen molar-refractivity contribution in [3.05, 3.63) is 65.7 Å². The quantitative estimate of drug-likeness (QED) is 0.105. The van der Waals surface area contributed by atoms with Crippen LogP contribution in [0.3, 0.4) is 0 Å². The van der Waals surface area contributed by atoms with E-state index in [1.54, 1.807) is 12.1 Å². The number of phenols is 1. The minimum absolute atomic E-state index is 0.00769. The van der Waals surface area contributed by atoms with Crippen LogP contribution in [-0.2, 0) is 32.0 Å². The lowest BCUT2D eigenvalue weighted by Crippen LogP contribution is -2.58. The average Bonchev–Trinajstić information content (AvgIpc) is 2.92. The fourth-order valence-corrected chi connectivity index (χ4v) is 4.06. The molecule has 0 saturated carbocycles. The lowest BCUT2D eigenvalue weighted by atomic mass is 10.0. The smallest absolute Gasteiger partial charge is 0.327 e. The van der Waals surface area contributed by atoms with Crippen molar-refractivity contribution in [3.8, 4) is 5.75 Å². The van der Waals surface area contributed by atoms with Crippen molar-refractivity contribution >= 4 is 36.3 Å². The van der Waals surface area contributed by atoms with E-state index in [9.17, 15) is 29.4 Å². The first-order chi connectivity index (χ1) is 18.6. The second-order valence-corrected chi connectivity index (χ2v) is 9.52. The Morgan fingerprint density at radius 1 is 0.769 bits per heavy atom. The van der Waals surface area contributed by atoms with Gasteiger partial charge in [-0.25, -0.2) is 4.79 Å². The van der Waals surface area contributed by atoms with Gasteiger partial charge in [0, 0.05) is 12.2 Å². The molecule has 4 atom stereocenters. The number of thiol groups is 1. The molecule has 11 nitrogen and oxygen atoms in total. The number of carboxylic acids is 1. The van der Waals surface area contributed by atoms with Crippen LogP contribution in [0.15, 0.2) is 54.6 Å². The fourth-order valence-electron chi connectivity index (χ4n) is 3.81. The molecule has 212 valence electrons. The molecule has 9 N–H and O–H groups in total. The fraction of sp³-hybridized carbons (Fsp3) is 0.407. The highest BCUT2D eigenvalue weighted by Crippen LogP contribution is 2.12. The van der Waals surface area contributed by atoms with Gasteiger partial charge >= 0.3 is 5.97 Å². The zero-order chi connectivity index (χ0) is 28.8. The third kappa shape index (κ3) is 11.0. The number of carboxylic acid groups (broad SMARTS) is 1. The van der Waals surface area contributed by atoms with E-state index in [0.717, 1.165) is 5.56 Å². The predicted molar refractivity (Wildman–Crippen MR) is 150 cm³/mol. The summed E-state index contributed by atoms with van der Waals surface area (Å²) in [6.07, 6.45) is 1.70. The standard InChI is InChI=1S/C27H37N5O6S/c28-13-5-4-8-21(30-24(34)20(29)14-17-6-2-1-3-7-17)25(35)31-22(15-18-9-11-19(33)12-10-18)26(36)32-23(16-39)27(37)38/h1-3,6-7,9-12,20-23,33,39H,4-5,8,13-16,28-29H2,(H,30,34)(H,31,35)(H,32,36)(H,37,38). The summed E-state index contributed by atoms with van der Waals surface area (Å²) >= 11 is 3.97. The van der Waals surface area contributed by atoms with Crippen LogP contribution >= 0.6 is 12.6 Å². The SMILES string of the molecule is NCCCCC(NC(=O)C(N)Cc1ccccc1)C(=O)NC(Cc1ccc(O)cc1)C(=O)NC(CS)C(=O)O. The summed E-state index contributed by atoms with van der Waals surface area (Å²) in [5, 5.41) is 26.6.